The van der Waals surface area contributed by atoms with Crippen LogP contribution in [0.15, 0.2) is 17.5 Å². The second-order valence-electron chi connectivity index (χ2n) is 6.61. The van der Waals surface area contributed by atoms with E-state index in [1.54, 1.807) is 11.3 Å². The Hall–Kier alpha value is -1.07. The van der Waals surface area contributed by atoms with E-state index >= 15 is 0 Å². The minimum Gasteiger partial charge on any atom is -0.393 e. The van der Waals surface area contributed by atoms with Gasteiger partial charge in [0, 0.05) is 23.4 Å². The maximum Gasteiger partial charge on any atom is 0.314 e. The number of hydrogen-bond donors (Lipinski definition) is 3. The molecule has 0 bridgehead atoms. The van der Waals surface area contributed by atoms with Gasteiger partial charge in [0.25, 0.3) is 0 Å². The molecule has 0 aromatic carbocycles. The van der Waals surface area contributed by atoms with Crippen molar-refractivity contribution in [2.45, 2.75) is 51.0 Å². The smallest absolute Gasteiger partial charge is 0.314 e. The molecule has 4 nitrogen and oxygen atoms in total. The van der Waals surface area contributed by atoms with E-state index in [9.17, 15) is 9.90 Å². The zero-order valence-electron chi connectivity index (χ0n) is 12.9. The lowest BCUT2D eigenvalue weighted by atomic mass is 9.87. The molecule has 1 aromatic rings. The molecule has 0 spiro atoms. The third kappa shape index (κ3) is 5.00. The van der Waals surface area contributed by atoms with Gasteiger partial charge in [-0.25, -0.2) is 4.79 Å². The summed E-state index contributed by atoms with van der Waals surface area (Å²) in [7, 11) is 0. The molecule has 118 valence electrons. The molecule has 2 rings (SSSR count). The fourth-order valence-electron chi connectivity index (χ4n) is 2.80. The lowest BCUT2D eigenvalue weighted by molar-refractivity contribution is 0.101. The van der Waals surface area contributed by atoms with Crippen LogP contribution in [0.25, 0.3) is 0 Å². The van der Waals surface area contributed by atoms with Crippen LogP contribution in [0.1, 0.15) is 44.4 Å². The van der Waals surface area contributed by atoms with Crippen LogP contribution in [0, 0.1) is 5.92 Å². The third-order valence-electron chi connectivity index (χ3n) is 4.19. The van der Waals surface area contributed by atoms with Crippen molar-refractivity contribution in [3.8, 4) is 0 Å². The Morgan fingerprint density at radius 2 is 2.24 bits per heavy atom. The van der Waals surface area contributed by atoms with Crippen LogP contribution in [0.3, 0.4) is 0 Å². The summed E-state index contributed by atoms with van der Waals surface area (Å²) in [5.74, 6) is 0.407. The summed E-state index contributed by atoms with van der Waals surface area (Å²) in [5.41, 5.74) is -0.0491. The van der Waals surface area contributed by atoms with Gasteiger partial charge in [0.15, 0.2) is 0 Å². The lowest BCUT2D eigenvalue weighted by Gasteiger charge is -2.27. The summed E-state index contributed by atoms with van der Waals surface area (Å²) in [6.07, 6.45) is 3.67. The zero-order valence-corrected chi connectivity index (χ0v) is 13.7. The van der Waals surface area contributed by atoms with Crippen LogP contribution >= 0.6 is 11.3 Å². The molecule has 1 saturated carbocycles. The van der Waals surface area contributed by atoms with E-state index in [0.29, 0.717) is 19.0 Å². The summed E-state index contributed by atoms with van der Waals surface area (Å²) >= 11 is 1.72. The molecule has 1 aliphatic rings. The largest absolute Gasteiger partial charge is 0.393 e. The molecular weight excluding hydrogens is 284 g/mol. The first kappa shape index (κ1) is 16.3. The molecule has 21 heavy (non-hydrogen) atoms. The van der Waals surface area contributed by atoms with Crippen molar-refractivity contribution in [2.75, 3.05) is 13.1 Å². The molecule has 1 aliphatic carbocycles. The molecule has 2 amide bonds. The maximum atomic E-state index is 11.9. The van der Waals surface area contributed by atoms with E-state index in [1.807, 2.05) is 6.07 Å². The van der Waals surface area contributed by atoms with Crippen LogP contribution in [-0.2, 0) is 5.41 Å². The first-order valence-electron chi connectivity index (χ1n) is 7.71. The molecule has 1 aromatic heterocycles. The van der Waals surface area contributed by atoms with E-state index in [4.69, 9.17) is 0 Å². The Labute approximate surface area is 131 Å². The number of aliphatic hydroxyl groups is 1. The molecule has 1 heterocycles. The van der Waals surface area contributed by atoms with Crippen molar-refractivity contribution < 1.29 is 9.90 Å². The fraction of sp³-hybridized carbons (Fsp3) is 0.688. The van der Waals surface area contributed by atoms with Crippen molar-refractivity contribution >= 4 is 17.4 Å². The van der Waals surface area contributed by atoms with E-state index < -0.39 is 0 Å². The highest BCUT2D eigenvalue weighted by Gasteiger charge is 2.23. The molecule has 2 atom stereocenters. The van der Waals surface area contributed by atoms with Crippen LogP contribution in [0.2, 0.25) is 0 Å². The minimum atomic E-state index is -0.189. The molecule has 1 fully saturated rings. The van der Waals surface area contributed by atoms with Gasteiger partial charge in [0.1, 0.15) is 0 Å². The van der Waals surface area contributed by atoms with Crippen molar-refractivity contribution in [1.82, 2.24) is 10.6 Å². The first-order chi connectivity index (χ1) is 9.97. The number of hydrogen-bond acceptors (Lipinski definition) is 3. The highest BCUT2D eigenvalue weighted by molar-refractivity contribution is 7.10. The van der Waals surface area contributed by atoms with Gasteiger partial charge in [-0.1, -0.05) is 26.3 Å². The first-order valence-corrected chi connectivity index (χ1v) is 8.59. The Morgan fingerprint density at radius 3 is 2.90 bits per heavy atom. The third-order valence-corrected chi connectivity index (χ3v) is 5.42. The van der Waals surface area contributed by atoms with Crippen LogP contribution in [-0.4, -0.2) is 30.3 Å². The zero-order chi connectivity index (χ0) is 15.3. The Morgan fingerprint density at radius 1 is 1.43 bits per heavy atom. The molecule has 0 aliphatic heterocycles. The molecule has 3 N–H and O–H groups in total. The quantitative estimate of drug-likeness (QED) is 0.783. The van der Waals surface area contributed by atoms with Gasteiger partial charge in [-0.3, -0.25) is 0 Å². The summed E-state index contributed by atoms with van der Waals surface area (Å²) in [4.78, 5) is 13.2. The van der Waals surface area contributed by atoms with Crippen LogP contribution < -0.4 is 10.6 Å². The van der Waals surface area contributed by atoms with Gasteiger partial charge in [-0.15, -0.1) is 11.3 Å². The maximum absolute atomic E-state index is 11.9. The average Bonchev–Trinajstić information content (AvgIpc) is 2.98. The summed E-state index contributed by atoms with van der Waals surface area (Å²) < 4.78 is 0. The number of carbonyl (C=O) groups excluding carboxylic acids is 1. The SMILES string of the molecule is CC(C)(CNC(=O)NCC1CCCC(O)C1)c1cccs1. The normalized spacial score (nSPS) is 22.8. The Kier molecular flexibility index (Phi) is 5.65. The van der Waals surface area contributed by atoms with Gasteiger partial charge in [0.2, 0.25) is 0 Å². The molecule has 2 unspecified atom stereocenters. The minimum absolute atomic E-state index is 0.0491. The number of nitrogens with one attached hydrogen (secondary N) is 2. The van der Waals surface area contributed by atoms with Crippen molar-refractivity contribution in [2.24, 2.45) is 5.92 Å². The predicted molar refractivity (Wildman–Crippen MR) is 86.7 cm³/mol. The topological polar surface area (TPSA) is 61.4 Å². The molecular formula is C16H26N2O2S. The van der Waals surface area contributed by atoms with E-state index in [-0.39, 0.29) is 17.6 Å². The number of rotatable bonds is 5. The van der Waals surface area contributed by atoms with Gasteiger partial charge in [-0.05, 0) is 36.6 Å². The number of carbonyl (C=O) groups is 1. The van der Waals surface area contributed by atoms with Crippen LogP contribution in [0.5, 0.6) is 0 Å². The lowest BCUT2D eigenvalue weighted by Crippen LogP contribution is -2.44. The highest BCUT2D eigenvalue weighted by atomic mass is 32.1. The predicted octanol–water partition coefficient (Wildman–Crippen LogP) is 2.88. The number of urea groups is 1. The monoisotopic (exact) mass is 310 g/mol. The van der Waals surface area contributed by atoms with E-state index in [1.165, 1.54) is 4.88 Å². The summed E-state index contributed by atoms with van der Waals surface area (Å²) in [6.45, 7) is 5.54. The van der Waals surface area contributed by atoms with Gasteiger partial charge in [-0.2, -0.15) is 0 Å². The number of aliphatic hydroxyl groups excluding tert-OH is 1. The second-order valence-corrected chi connectivity index (χ2v) is 7.56. The summed E-state index contributed by atoms with van der Waals surface area (Å²) in [6, 6.07) is 4.03. The number of amides is 2. The van der Waals surface area contributed by atoms with Crippen molar-refractivity contribution in [3.63, 3.8) is 0 Å². The number of thiophene rings is 1. The van der Waals surface area contributed by atoms with E-state index in [0.717, 1.165) is 25.7 Å². The fourth-order valence-corrected chi connectivity index (χ4v) is 3.65. The van der Waals surface area contributed by atoms with Gasteiger partial charge < -0.3 is 15.7 Å². The van der Waals surface area contributed by atoms with Crippen LogP contribution in [0.4, 0.5) is 4.79 Å². The second kappa shape index (κ2) is 7.27. The van der Waals surface area contributed by atoms with E-state index in [2.05, 4.69) is 35.9 Å². The highest BCUT2D eigenvalue weighted by Crippen LogP contribution is 2.26. The summed E-state index contributed by atoms with van der Waals surface area (Å²) in [5, 5.41) is 17.6. The van der Waals surface area contributed by atoms with Crippen molar-refractivity contribution in [1.29, 1.82) is 0 Å². The van der Waals surface area contributed by atoms with Gasteiger partial charge in [0.05, 0.1) is 6.10 Å². The van der Waals surface area contributed by atoms with Gasteiger partial charge >= 0.3 is 6.03 Å². The molecule has 0 radical (unpaired) electrons. The molecule has 5 heteroatoms. The Balaban J connectivity index is 1.70. The molecule has 0 saturated heterocycles. The Bertz CT molecular complexity index is 445. The standard InChI is InChI=1S/C16H26N2O2S/c1-16(2,14-7-4-8-21-14)11-18-15(20)17-10-12-5-3-6-13(19)9-12/h4,7-8,12-13,19H,3,5-6,9-11H2,1-2H3,(H2,17,18,20). The average molecular weight is 310 g/mol. The van der Waals surface area contributed by atoms with Crippen molar-refractivity contribution in [3.05, 3.63) is 22.4 Å².